The van der Waals surface area contributed by atoms with Crippen LogP contribution in [0.4, 0.5) is 0 Å². The predicted octanol–water partition coefficient (Wildman–Crippen LogP) is 3.07. The summed E-state index contributed by atoms with van der Waals surface area (Å²) >= 11 is 1.65. The van der Waals surface area contributed by atoms with Crippen molar-refractivity contribution in [1.29, 1.82) is 0 Å². The van der Waals surface area contributed by atoms with E-state index in [1.807, 2.05) is 11.4 Å². The van der Waals surface area contributed by atoms with Gasteiger partial charge in [-0.2, -0.15) is 0 Å². The van der Waals surface area contributed by atoms with Crippen LogP contribution < -0.4 is 10.6 Å². The summed E-state index contributed by atoms with van der Waals surface area (Å²) in [7, 11) is 0. The van der Waals surface area contributed by atoms with E-state index >= 15 is 0 Å². The van der Waals surface area contributed by atoms with Crippen molar-refractivity contribution < 1.29 is 9.53 Å². The Balaban J connectivity index is 1.80. The molecule has 2 aromatic rings. The average Bonchev–Trinajstić information content (AvgIpc) is 3.14. The number of rotatable bonds is 5. The maximum Gasteiger partial charge on any atom is 0.251 e. The minimum Gasteiger partial charge on any atom is -0.366 e. The Morgan fingerprint density at radius 2 is 2.00 bits per heavy atom. The first-order valence-corrected chi connectivity index (χ1v) is 9.29. The quantitative estimate of drug-likeness (QED) is 0.876. The highest BCUT2D eigenvalue weighted by Gasteiger charge is 2.26. The lowest BCUT2D eigenvalue weighted by Gasteiger charge is -2.26. The molecule has 1 aliphatic rings. The van der Waals surface area contributed by atoms with Gasteiger partial charge in [-0.3, -0.25) is 4.79 Å². The maximum absolute atomic E-state index is 12.6. The van der Waals surface area contributed by atoms with E-state index in [0.717, 1.165) is 17.0 Å². The van der Waals surface area contributed by atoms with Gasteiger partial charge in [-0.05, 0) is 28.5 Å². The Labute approximate surface area is 147 Å². The van der Waals surface area contributed by atoms with Crippen molar-refractivity contribution >= 4 is 17.2 Å². The molecular formula is C19H24N2O2S. The summed E-state index contributed by atoms with van der Waals surface area (Å²) in [6, 6.07) is 12.5. The zero-order chi connectivity index (χ0) is 16.9. The summed E-state index contributed by atoms with van der Waals surface area (Å²) in [5.74, 6) is 0.434. The van der Waals surface area contributed by atoms with E-state index in [2.05, 4.69) is 54.8 Å². The Morgan fingerprint density at radius 1 is 1.25 bits per heavy atom. The first-order chi connectivity index (χ1) is 11.6. The molecule has 1 amide bonds. The zero-order valence-corrected chi connectivity index (χ0v) is 14.9. The van der Waals surface area contributed by atoms with Crippen molar-refractivity contribution in [3.8, 4) is 0 Å². The lowest BCUT2D eigenvalue weighted by atomic mass is 9.98. The van der Waals surface area contributed by atoms with Crippen LogP contribution in [0.15, 0.2) is 41.8 Å². The fourth-order valence-corrected chi connectivity index (χ4v) is 3.62. The number of morpholine rings is 1. The molecule has 2 atom stereocenters. The number of benzene rings is 1. The molecule has 0 aliphatic carbocycles. The molecular weight excluding hydrogens is 320 g/mol. The van der Waals surface area contributed by atoms with Crippen molar-refractivity contribution in [2.75, 3.05) is 19.7 Å². The van der Waals surface area contributed by atoms with Gasteiger partial charge in [-0.1, -0.05) is 44.2 Å². The van der Waals surface area contributed by atoms with Crippen LogP contribution in [0.5, 0.6) is 0 Å². The molecule has 0 bridgehead atoms. The van der Waals surface area contributed by atoms with Gasteiger partial charge in [0, 0.05) is 18.0 Å². The van der Waals surface area contributed by atoms with Gasteiger partial charge in [0.25, 0.3) is 5.91 Å². The molecule has 4 nitrogen and oxygen atoms in total. The van der Waals surface area contributed by atoms with Gasteiger partial charge < -0.3 is 15.4 Å². The van der Waals surface area contributed by atoms with Crippen molar-refractivity contribution in [2.24, 2.45) is 0 Å². The highest BCUT2D eigenvalue weighted by Crippen LogP contribution is 2.27. The molecule has 24 heavy (non-hydrogen) atoms. The molecule has 0 radical (unpaired) electrons. The minimum absolute atomic E-state index is 0.0615. The largest absolute Gasteiger partial charge is 0.366 e. The van der Waals surface area contributed by atoms with Gasteiger partial charge >= 0.3 is 0 Å². The third-order valence-corrected chi connectivity index (χ3v) is 5.21. The second-order valence-electron chi connectivity index (χ2n) is 6.34. The van der Waals surface area contributed by atoms with Crippen molar-refractivity contribution in [1.82, 2.24) is 10.6 Å². The van der Waals surface area contributed by atoms with Gasteiger partial charge in [-0.15, -0.1) is 11.3 Å². The Kier molecular flexibility index (Phi) is 5.66. The number of amides is 1. The van der Waals surface area contributed by atoms with E-state index in [1.54, 1.807) is 11.3 Å². The van der Waals surface area contributed by atoms with E-state index in [-0.39, 0.29) is 11.9 Å². The third kappa shape index (κ3) is 4.04. The summed E-state index contributed by atoms with van der Waals surface area (Å²) in [6.45, 7) is 6.30. The van der Waals surface area contributed by atoms with Crippen LogP contribution in [-0.2, 0) is 9.53 Å². The average molecular weight is 344 g/mol. The molecule has 1 aromatic heterocycles. The molecule has 2 unspecified atom stereocenters. The fourth-order valence-electron chi connectivity index (χ4n) is 2.82. The van der Waals surface area contributed by atoms with Gasteiger partial charge in [0.2, 0.25) is 0 Å². The van der Waals surface area contributed by atoms with Crippen molar-refractivity contribution in [2.45, 2.75) is 31.9 Å². The molecule has 2 N–H and O–H groups in total. The molecule has 128 valence electrons. The molecule has 1 aliphatic heterocycles. The Morgan fingerprint density at radius 3 is 2.58 bits per heavy atom. The molecule has 1 aromatic carbocycles. The summed E-state index contributed by atoms with van der Waals surface area (Å²) in [6.07, 6.45) is -0.420. The number of carbonyl (C=O) groups excluding carboxylic acids is 1. The van der Waals surface area contributed by atoms with E-state index in [1.165, 1.54) is 5.56 Å². The third-order valence-electron chi connectivity index (χ3n) is 4.27. The molecule has 1 saturated heterocycles. The van der Waals surface area contributed by atoms with Gasteiger partial charge in [0.15, 0.2) is 0 Å². The molecule has 0 saturated carbocycles. The molecule has 0 spiro atoms. The van der Waals surface area contributed by atoms with Crippen LogP contribution in [0.1, 0.15) is 41.8 Å². The lowest BCUT2D eigenvalue weighted by molar-refractivity contribution is -0.134. The van der Waals surface area contributed by atoms with E-state index < -0.39 is 6.10 Å². The number of hydrogen-bond acceptors (Lipinski definition) is 4. The van der Waals surface area contributed by atoms with Crippen LogP contribution in [0.3, 0.4) is 0 Å². The topological polar surface area (TPSA) is 50.4 Å². The van der Waals surface area contributed by atoms with Crippen LogP contribution >= 0.6 is 11.3 Å². The minimum atomic E-state index is -0.420. The van der Waals surface area contributed by atoms with Gasteiger partial charge in [0.05, 0.1) is 12.6 Å². The highest BCUT2D eigenvalue weighted by molar-refractivity contribution is 7.10. The number of hydrogen-bond donors (Lipinski definition) is 2. The first kappa shape index (κ1) is 17.1. The van der Waals surface area contributed by atoms with Crippen molar-refractivity contribution in [3.05, 3.63) is 57.8 Å². The Bertz CT molecular complexity index is 647. The number of nitrogens with one attached hydrogen (secondary N) is 2. The second-order valence-corrected chi connectivity index (χ2v) is 7.32. The van der Waals surface area contributed by atoms with Gasteiger partial charge in [0.1, 0.15) is 6.10 Å². The zero-order valence-electron chi connectivity index (χ0n) is 14.1. The van der Waals surface area contributed by atoms with Crippen LogP contribution in [-0.4, -0.2) is 31.7 Å². The molecule has 3 rings (SSSR count). The Hall–Kier alpha value is -1.69. The van der Waals surface area contributed by atoms with Crippen molar-refractivity contribution in [3.63, 3.8) is 0 Å². The highest BCUT2D eigenvalue weighted by atomic mass is 32.1. The normalized spacial score (nSPS) is 19.2. The number of ether oxygens (including phenoxy) is 1. The maximum atomic E-state index is 12.6. The van der Waals surface area contributed by atoms with Crippen LogP contribution in [0, 0.1) is 0 Å². The lowest BCUT2D eigenvalue weighted by Crippen LogP contribution is -2.48. The fraction of sp³-hybridized carbons (Fsp3) is 0.421. The summed E-state index contributed by atoms with van der Waals surface area (Å²) in [5, 5.41) is 8.40. The molecule has 2 heterocycles. The standard InChI is InChI=1S/C19H24N2O2S/c1-13(2)14-5-7-15(8-6-14)18(17-4-3-11-24-17)21-19(22)16-12-20-9-10-23-16/h3-8,11,13,16,18,20H,9-10,12H2,1-2H3,(H,21,22). The monoisotopic (exact) mass is 344 g/mol. The SMILES string of the molecule is CC(C)c1ccc(C(NC(=O)C2CNCCO2)c2cccs2)cc1. The summed E-state index contributed by atoms with van der Waals surface area (Å²) in [5.41, 5.74) is 2.40. The van der Waals surface area contributed by atoms with Crippen LogP contribution in [0.25, 0.3) is 0 Å². The molecule has 1 fully saturated rings. The van der Waals surface area contributed by atoms with E-state index in [4.69, 9.17) is 4.74 Å². The van der Waals surface area contributed by atoms with Gasteiger partial charge in [-0.25, -0.2) is 0 Å². The predicted molar refractivity (Wildman–Crippen MR) is 97.4 cm³/mol. The number of thiophene rings is 1. The first-order valence-electron chi connectivity index (χ1n) is 8.41. The summed E-state index contributed by atoms with van der Waals surface area (Å²) in [4.78, 5) is 13.7. The van der Waals surface area contributed by atoms with Crippen LogP contribution in [0.2, 0.25) is 0 Å². The summed E-state index contributed by atoms with van der Waals surface area (Å²) < 4.78 is 5.57. The molecule has 5 heteroatoms. The van der Waals surface area contributed by atoms with E-state index in [9.17, 15) is 4.79 Å². The number of carbonyl (C=O) groups is 1. The smallest absolute Gasteiger partial charge is 0.251 e. The second kappa shape index (κ2) is 7.92. The van der Waals surface area contributed by atoms with E-state index in [0.29, 0.717) is 19.1 Å².